The molecule has 1 aromatic carbocycles. The summed E-state index contributed by atoms with van der Waals surface area (Å²) < 4.78 is 0.877. The van der Waals surface area contributed by atoms with E-state index in [4.69, 9.17) is 0 Å². The van der Waals surface area contributed by atoms with Crippen molar-refractivity contribution in [2.24, 2.45) is 5.41 Å². The van der Waals surface area contributed by atoms with Crippen LogP contribution in [-0.2, 0) is 9.59 Å². The first kappa shape index (κ1) is 18.9. The maximum Gasteiger partial charge on any atom is 0.238 e. The summed E-state index contributed by atoms with van der Waals surface area (Å²) in [5.41, 5.74) is 0.426. The third-order valence-electron chi connectivity index (χ3n) is 4.12. The van der Waals surface area contributed by atoms with E-state index in [1.807, 2.05) is 45.0 Å². The summed E-state index contributed by atoms with van der Waals surface area (Å²) in [5.74, 6) is 0.0756. The van der Waals surface area contributed by atoms with Crippen molar-refractivity contribution in [3.8, 4) is 0 Å². The second-order valence-corrected chi connectivity index (χ2v) is 8.16. The highest BCUT2D eigenvalue weighted by atomic mass is 79.9. The van der Waals surface area contributed by atoms with Gasteiger partial charge in [-0.1, -0.05) is 32.9 Å². The molecule has 0 bridgehead atoms. The van der Waals surface area contributed by atoms with Crippen LogP contribution in [0.25, 0.3) is 0 Å². The number of nitrogens with zero attached hydrogens (tertiary/aromatic N) is 1. The number of halogens is 1. The zero-order valence-corrected chi connectivity index (χ0v) is 16.1. The van der Waals surface area contributed by atoms with Gasteiger partial charge in [0.15, 0.2) is 0 Å². The number of rotatable bonds is 4. The third kappa shape index (κ3) is 5.60. The van der Waals surface area contributed by atoms with Crippen LogP contribution >= 0.6 is 15.9 Å². The first-order valence-corrected chi connectivity index (χ1v) is 9.12. The van der Waals surface area contributed by atoms with Gasteiger partial charge in [0.1, 0.15) is 0 Å². The topological polar surface area (TPSA) is 61.4 Å². The average molecular weight is 396 g/mol. The number of amides is 2. The maximum atomic E-state index is 12.2. The van der Waals surface area contributed by atoms with Crippen molar-refractivity contribution >= 4 is 33.4 Å². The Labute approximate surface area is 152 Å². The second kappa shape index (κ2) is 8.12. The standard InChI is InChI=1S/C18H26BrN3O2/c1-18(2,3)17(24)20-13-8-10-22(11-9-13)12-16(23)21-15-7-5-4-6-14(15)19/h4-7,13H,8-12H2,1-3H3,(H,20,24)(H,21,23). The maximum absolute atomic E-state index is 12.2. The second-order valence-electron chi connectivity index (χ2n) is 7.30. The highest BCUT2D eigenvalue weighted by Gasteiger charge is 2.27. The van der Waals surface area contributed by atoms with E-state index in [0.717, 1.165) is 36.1 Å². The first-order chi connectivity index (χ1) is 11.3. The lowest BCUT2D eigenvalue weighted by Crippen LogP contribution is -2.48. The molecule has 0 unspecified atom stereocenters. The van der Waals surface area contributed by atoms with Gasteiger partial charge in [0, 0.05) is 29.0 Å². The summed E-state index contributed by atoms with van der Waals surface area (Å²) in [6.07, 6.45) is 1.76. The molecular formula is C18H26BrN3O2. The number of hydrogen-bond acceptors (Lipinski definition) is 3. The van der Waals surface area contributed by atoms with Gasteiger partial charge in [0.25, 0.3) is 0 Å². The smallest absolute Gasteiger partial charge is 0.238 e. The normalized spacial score (nSPS) is 16.7. The lowest BCUT2D eigenvalue weighted by Gasteiger charge is -2.33. The molecule has 0 atom stereocenters. The van der Waals surface area contributed by atoms with Crippen LogP contribution in [-0.4, -0.2) is 42.4 Å². The molecule has 2 amide bonds. The third-order valence-corrected chi connectivity index (χ3v) is 4.81. The molecule has 2 N–H and O–H groups in total. The Balaban J connectivity index is 1.76. The van der Waals surface area contributed by atoms with E-state index in [0.29, 0.717) is 6.54 Å². The number of piperidine rings is 1. The van der Waals surface area contributed by atoms with Gasteiger partial charge in [-0.2, -0.15) is 0 Å². The monoisotopic (exact) mass is 395 g/mol. The molecule has 0 saturated carbocycles. The van der Waals surface area contributed by atoms with E-state index in [9.17, 15) is 9.59 Å². The quantitative estimate of drug-likeness (QED) is 0.823. The molecule has 1 aromatic rings. The fourth-order valence-electron chi connectivity index (χ4n) is 2.59. The molecule has 0 aromatic heterocycles. The van der Waals surface area contributed by atoms with Gasteiger partial charge in [0.05, 0.1) is 12.2 Å². The number of para-hydroxylation sites is 1. The molecule has 0 spiro atoms. The van der Waals surface area contributed by atoms with Gasteiger partial charge in [0.2, 0.25) is 11.8 Å². The Morgan fingerprint density at radius 1 is 1.21 bits per heavy atom. The Morgan fingerprint density at radius 3 is 2.42 bits per heavy atom. The minimum Gasteiger partial charge on any atom is -0.353 e. The molecular weight excluding hydrogens is 370 g/mol. The molecule has 132 valence electrons. The number of likely N-dealkylation sites (tertiary alicyclic amines) is 1. The van der Waals surface area contributed by atoms with E-state index in [-0.39, 0.29) is 23.3 Å². The Kier molecular flexibility index (Phi) is 6.40. The summed E-state index contributed by atoms with van der Waals surface area (Å²) in [5, 5.41) is 6.03. The number of hydrogen-bond donors (Lipinski definition) is 2. The summed E-state index contributed by atoms with van der Waals surface area (Å²) in [4.78, 5) is 26.3. The van der Waals surface area contributed by atoms with E-state index in [1.165, 1.54) is 0 Å². The van der Waals surface area contributed by atoms with Gasteiger partial charge in [-0.3, -0.25) is 14.5 Å². The SMILES string of the molecule is CC(C)(C)C(=O)NC1CCN(CC(=O)Nc2ccccc2Br)CC1. The zero-order chi connectivity index (χ0) is 17.7. The average Bonchev–Trinajstić information content (AvgIpc) is 2.50. The molecule has 2 rings (SSSR count). The molecule has 1 fully saturated rings. The van der Waals surface area contributed by atoms with E-state index < -0.39 is 0 Å². The van der Waals surface area contributed by atoms with Crippen LogP contribution in [0.1, 0.15) is 33.6 Å². The van der Waals surface area contributed by atoms with Crippen molar-refractivity contribution in [2.75, 3.05) is 25.0 Å². The van der Waals surface area contributed by atoms with Gasteiger partial charge in [-0.05, 0) is 40.9 Å². The van der Waals surface area contributed by atoms with E-state index in [2.05, 4.69) is 31.5 Å². The minimum absolute atomic E-state index is 0.0147. The number of nitrogens with one attached hydrogen (secondary N) is 2. The van der Waals surface area contributed by atoms with Crippen LogP contribution in [0.3, 0.4) is 0 Å². The molecule has 5 nitrogen and oxygen atoms in total. The molecule has 1 saturated heterocycles. The number of carbonyl (C=O) groups is 2. The predicted octanol–water partition coefficient (Wildman–Crippen LogP) is 3.01. The van der Waals surface area contributed by atoms with Crippen molar-refractivity contribution in [3.63, 3.8) is 0 Å². The van der Waals surface area contributed by atoms with Crippen molar-refractivity contribution in [1.29, 1.82) is 0 Å². The van der Waals surface area contributed by atoms with Crippen molar-refractivity contribution in [1.82, 2.24) is 10.2 Å². The van der Waals surface area contributed by atoms with E-state index in [1.54, 1.807) is 0 Å². The summed E-state index contributed by atoms with van der Waals surface area (Å²) in [7, 11) is 0. The molecule has 1 heterocycles. The van der Waals surface area contributed by atoms with Gasteiger partial charge in [-0.15, -0.1) is 0 Å². The molecule has 24 heavy (non-hydrogen) atoms. The van der Waals surface area contributed by atoms with Gasteiger partial charge in [-0.25, -0.2) is 0 Å². The summed E-state index contributed by atoms with van der Waals surface area (Å²) in [6.45, 7) is 7.77. The highest BCUT2D eigenvalue weighted by Crippen LogP contribution is 2.21. The van der Waals surface area contributed by atoms with Crippen LogP contribution in [0.5, 0.6) is 0 Å². The fourth-order valence-corrected chi connectivity index (χ4v) is 2.98. The van der Waals surface area contributed by atoms with Crippen LogP contribution in [0.2, 0.25) is 0 Å². The molecule has 1 aliphatic heterocycles. The van der Waals surface area contributed by atoms with Gasteiger partial charge < -0.3 is 10.6 Å². The van der Waals surface area contributed by atoms with Crippen LogP contribution in [0.4, 0.5) is 5.69 Å². The number of carbonyl (C=O) groups excluding carboxylic acids is 2. The van der Waals surface area contributed by atoms with Crippen LogP contribution < -0.4 is 10.6 Å². The molecule has 0 aliphatic carbocycles. The lowest BCUT2D eigenvalue weighted by atomic mass is 9.94. The molecule has 6 heteroatoms. The summed E-state index contributed by atoms with van der Waals surface area (Å²) in [6, 6.07) is 7.79. The Morgan fingerprint density at radius 2 is 1.83 bits per heavy atom. The van der Waals surface area contributed by atoms with E-state index >= 15 is 0 Å². The summed E-state index contributed by atoms with van der Waals surface area (Å²) >= 11 is 3.43. The van der Waals surface area contributed by atoms with Crippen LogP contribution in [0.15, 0.2) is 28.7 Å². The zero-order valence-electron chi connectivity index (χ0n) is 14.6. The molecule has 1 aliphatic rings. The largest absolute Gasteiger partial charge is 0.353 e. The fraction of sp³-hybridized carbons (Fsp3) is 0.556. The predicted molar refractivity (Wildman–Crippen MR) is 99.8 cm³/mol. The van der Waals surface area contributed by atoms with Crippen molar-refractivity contribution in [2.45, 2.75) is 39.7 Å². The number of benzene rings is 1. The minimum atomic E-state index is -0.361. The molecule has 0 radical (unpaired) electrons. The van der Waals surface area contributed by atoms with Crippen molar-refractivity contribution in [3.05, 3.63) is 28.7 Å². The van der Waals surface area contributed by atoms with Gasteiger partial charge >= 0.3 is 0 Å². The Bertz CT molecular complexity index is 590. The first-order valence-electron chi connectivity index (χ1n) is 8.33. The van der Waals surface area contributed by atoms with Crippen molar-refractivity contribution < 1.29 is 9.59 Å². The highest BCUT2D eigenvalue weighted by molar-refractivity contribution is 9.10. The Hall–Kier alpha value is -1.40. The lowest BCUT2D eigenvalue weighted by molar-refractivity contribution is -0.129. The van der Waals surface area contributed by atoms with Crippen LogP contribution in [0, 0.1) is 5.41 Å². The number of anilines is 1.